The van der Waals surface area contributed by atoms with Gasteiger partial charge in [0.1, 0.15) is 12.4 Å². The Bertz CT molecular complexity index is 721. The quantitative estimate of drug-likeness (QED) is 0.859. The highest BCUT2D eigenvalue weighted by atomic mass is 35.5. The normalized spacial score (nSPS) is 16.7. The van der Waals surface area contributed by atoms with Gasteiger partial charge in [0.25, 0.3) is 5.91 Å². The summed E-state index contributed by atoms with van der Waals surface area (Å²) in [6, 6.07) is 15.6. The number of halogens is 1. The van der Waals surface area contributed by atoms with Crippen molar-refractivity contribution in [2.75, 3.05) is 13.1 Å². The predicted octanol–water partition coefficient (Wildman–Crippen LogP) is 4.02. The van der Waals surface area contributed by atoms with E-state index in [2.05, 4.69) is 6.92 Å². The number of ether oxygens (including phenoxy) is 1. The van der Waals surface area contributed by atoms with E-state index in [1.807, 2.05) is 53.4 Å². The van der Waals surface area contributed by atoms with Gasteiger partial charge >= 0.3 is 0 Å². The Balaban J connectivity index is 0.00000243. The van der Waals surface area contributed by atoms with Crippen LogP contribution in [0.25, 0.3) is 0 Å². The van der Waals surface area contributed by atoms with Gasteiger partial charge in [0, 0.05) is 30.8 Å². The van der Waals surface area contributed by atoms with Gasteiger partial charge in [0.15, 0.2) is 0 Å². The first-order chi connectivity index (χ1) is 12.2. The van der Waals surface area contributed by atoms with Crippen molar-refractivity contribution in [3.05, 3.63) is 65.2 Å². The standard InChI is InChI=1S/C21H26N2O2.ClH/c1-16-6-5-11-23(14-16)21(24)18-9-10-20(19(12-18)13-22)25-15-17-7-3-2-4-8-17;/h2-4,7-10,12,16H,5-6,11,13-15,22H2,1H3;1H. The summed E-state index contributed by atoms with van der Waals surface area (Å²) in [4.78, 5) is 14.7. The molecule has 0 aliphatic carbocycles. The fraction of sp³-hybridized carbons (Fsp3) is 0.381. The third-order valence-electron chi connectivity index (χ3n) is 4.71. The van der Waals surface area contributed by atoms with Crippen molar-refractivity contribution >= 4 is 18.3 Å². The summed E-state index contributed by atoms with van der Waals surface area (Å²) in [5.74, 6) is 1.41. The number of amides is 1. The monoisotopic (exact) mass is 374 g/mol. The Labute approximate surface area is 161 Å². The lowest BCUT2D eigenvalue weighted by molar-refractivity contribution is 0.0683. The predicted molar refractivity (Wildman–Crippen MR) is 107 cm³/mol. The van der Waals surface area contributed by atoms with Gasteiger partial charge in [0.2, 0.25) is 0 Å². The molecule has 1 atom stereocenters. The summed E-state index contributed by atoms with van der Waals surface area (Å²) in [5.41, 5.74) is 8.55. The van der Waals surface area contributed by atoms with Crippen molar-refractivity contribution in [2.45, 2.75) is 32.9 Å². The van der Waals surface area contributed by atoms with E-state index in [4.69, 9.17) is 10.5 Å². The van der Waals surface area contributed by atoms with Gasteiger partial charge in [-0.1, -0.05) is 37.3 Å². The van der Waals surface area contributed by atoms with Crippen LogP contribution < -0.4 is 10.5 Å². The Morgan fingerprint density at radius 2 is 2.00 bits per heavy atom. The highest BCUT2D eigenvalue weighted by Gasteiger charge is 2.22. The number of hydrogen-bond acceptors (Lipinski definition) is 3. The highest BCUT2D eigenvalue weighted by molar-refractivity contribution is 5.94. The van der Waals surface area contributed by atoms with Crippen molar-refractivity contribution < 1.29 is 9.53 Å². The van der Waals surface area contributed by atoms with Crippen molar-refractivity contribution in [3.63, 3.8) is 0 Å². The molecule has 1 fully saturated rings. The molecule has 4 nitrogen and oxygen atoms in total. The summed E-state index contributed by atoms with van der Waals surface area (Å²) in [6.45, 7) is 4.72. The maximum atomic E-state index is 12.7. The molecule has 1 amide bonds. The third kappa shape index (κ3) is 4.99. The minimum Gasteiger partial charge on any atom is -0.489 e. The van der Waals surface area contributed by atoms with Gasteiger partial charge in [-0.25, -0.2) is 0 Å². The molecule has 1 saturated heterocycles. The minimum absolute atomic E-state index is 0. The largest absolute Gasteiger partial charge is 0.489 e. The number of hydrogen-bond donors (Lipinski definition) is 1. The van der Waals surface area contributed by atoms with Gasteiger partial charge in [-0.2, -0.15) is 0 Å². The molecule has 1 heterocycles. The van der Waals surface area contributed by atoms with Gasteiger partial charge in [0.05, 0.1) is 0 Å². The van der Waals surface area contributed by atoms with Crippen LogP contribution in [0.4, 0.5) is 0 Å². The van der Waals surface area contributed by atoms with E-state index in [0.29, 0.717) is 24.6 Å². The molecule has 2 N–H and O–H groups in total. The van der Waals surface area contributed by atoms with E-state index in [1.54, 1.807) is 0 Å². The SMILES string of the molecule is CC1CCCN(C(=O)c2ccc(OCc3ccccc3)c(CN)c2)C1.Cl. The number of carbonyl (C=O) groups excluding carboxylic acids is 1. The van der Waals surface area contributed by atoms with Crippen molar-refractivity contribution in [1.29, 1.82) is 0 Å². The molecule has 2 aromatic rings. The second-order valence-corrected chi connectivity index (χ2v) is 6.80. The van der Waals surface area contributed by atoms with Crippen molar-refractivity contribution in [3.8, 4) is 5.75 Å². The minimum atomic E-state index is 0. The fourth-order valence-electron chi connectivity index (χ4n) is 3.30. The number of nitrogens with two attached hydrogens (primary N) is 1. The summed E-state index contributed by atoms with van der Waals surface area (Å²) < 4.78 is 5.91. The van der Waals surface area contributed by atoms with Crippen LogP contribution in [0.2, 0.25) is 0 Å². The topological polar surface area (TPSA) is 55.6 Å². The number of rotatable bonds is 5. The van der Waals surface area contributed by atoms with Crippen LogP contribution >= 0.6 is 12.4 Å². The number of likely N-dealkylation sites (tertiary alicyclic amines) is 1. The number of benzene rings is 2. The smallest absolute Gasteiger partial charge is 0.253 e. The molecule has 1 unspecified atom stereocenters. The summed E-state index contributed by atoms with van der Waals surface area (Å²) in [6.07, 6.45) is 2.28. The van der Waals surface area contributed by atoms with Crippen molar-refractivity contribution in [2.24, 2.45) is 11.7 Å². The van der Waals surface area contributed by atoms with Gasteiger partial charge in [-0.15, -0.1) is 12.4 Å². The van der Waals surface area contributed by atoms with E-state index in [0.717, 1.165) is 36.4 Å². The molecule has 3 rings (SSSR count). The van der Waals surface area contributed by atoms with Crippen LogP contribution in [-0.4, -0.2) is 23.9 Å². The molecule has 5 heteroatoms. The molecule has 0 spiro atoms. The summed E-state index contributed by atoms with van der Waals surface area (Å²) >= 11 is 0. The molecule has 26 heavy (non-hydrogen) atoms. The fourth-order valence-corrected chi connectivity index (χ4v) is 3.30. The third-order valence-corrected chi connectivity index (χ3v) is 4.71. The van der Waals surface area contributed by atoms with Crippen LogP contribution in [0.5, 0.6) is 5.75 Å². The molecule has 0 saturated carbocycles. The van der Waals surface area contributed by atoms with Crippen LogP contribution in [0.15, 0.2) is 48.5 Å². The van der Waals surface area contributed by atoms with E-state index < -0.39 is 0 Å². The second-order valence-electron chi connectivity index (χ2n) is 6.80. The lowest BCUT2D eigenvalue weighted by atomic mass is 9.99. The highest BCUT2D eigenvalue weighted by Crippen LogP contribution is 2.24. The molecule has 1 aliphatic rings. The van der Waals surface area contributed by atoms with Gasteiger partial charge in [-0.05, 0) is 42.5 Å². The Kier molecular flexibility index (Phi) is 7.49. The zero-order valence-electron chi connectivity index (χ0n) is 15.2. The second kappa shape index (κ2) is 9.60. The Morgan fingerprint density at radius 3 is 2.69 bits per heavy atom. The van der Waals surface area contributed by atoms with Crippen LogP contribution in [-0.2, 0) is 13.2 Å². The van der Waals surface area contributed by atoms with E-state index >= 15 is 0 Å². The molecular weight excluding hydrogens is 348 g/mol. The maximum Gasteiger partial charge on any atom is 0.253 e. The number of carbonyl (C=O) groups is 1. The van der Waals surface area contributed by atoms with Crippen LogP contribution in [0.3, 0.4) is 0 Å². The van der Waals surface area contributed by atoms with E-state index in [9.17, 15) is 4.79 Å². The van der Waals surface area contributed by atoms with Crippen LogP contribution in [0, 0.1) is 5.92 Å². The molecule has 2 aromatic carbocycles. The number of nitrogens with zero attached hydrogens (tertiary/aromatic N) is 1. The first-order valence-corrected chi connectivity index (χ1v) is 8.96. The molecular formula is C21H27ClN2O2. The molecule has 140 valence electrons. The lowest BCUT2D eigenvalue weighted by Gasteiger charge is -2.31. The van der Waals surface area contributed by atoms with Crippen molar-refractivity contribution in [1.82, 2.24) is 4.90 Å². The summed E-state index contributed by atoms with van der Waals surface area (Å²) in [7, 11) is 0. The molecule has 1 aliphatic heterocycles. The summed E-state index contributed by atoms with van der Waals surface area (Å²) in [5, 5.41) is 0. The Hall–Kier alpha value is -2.04. The molecule has 0 bridgehead atoms. The zero-order valence-corrected chi connectivity index (χ0v) is 16.0. The maximum absolute atomic E-state index is 12.7. The Morgan fingerprint density at radius 1 is 1.23 bits per heavy atom. The first-order valence-electron chi connectivity index (χ1n) is 8.96. The molecule has 0 aromatic heterocycles. The average molecular weight is 375 g/mol. The van der Waals surface area contributed by atoms with Gasteiger partial charge < -0.3 is 15.4 Å². The van der Waals surface area contributed by atoms with E-state index in [-0.39, 0.29) is 18.3 Å². The lowest BCUT2D eigenvalue weighted by Crippen LogP contribution is -2.39. The zero-order chi connectivity index (χ0) is 17.6. The van der Waals surface area contributed by atoms with Crippen LogP contribution in [0.1, 0.15) is 41.3 Å². The number of piperidine rings is 1. The van der Waals surface area contributed by atoms with Gasteiger partial charge in [-0.3, -0.25) is 4.79 Å². The van der Waals surface area contributed by atoms with E-state index in [1.165, 1.54) is 6.42 Å². The molecule has 0 radical (unpaired) electrons. The average Bonchev–Trinajstić information content (AvgIpc) is 2.66. The first kappa shape index (κ1) is 20.3.